The zero-order valence-corrected chi connectivity index (χ0v) is 20.2. The smallest absolute Gasteiger partial charge is 0.194 e. The zero-order chi connectivity index (χ0) is 22.2. The molecule has 6 nitrogen and oxygen atoms in total. The van der Waals surface area contributed by atoms with Gasteiger partial charge in [0.2, 0.25) is 0 Å². The van der Waals surface area contributed by atoms with Crippen molar-refractivity contribution in [1.29, 1.82) is 0 Å². The summed E-state index contributed by atoms with van der Waals surface area (Å²) in [5, 5.41) is 16.3. The topological polar surface area (TPSA) is 68.0 Å². The first-order valence-electron chi connectivity index (χ1n) is 10.1. The van der Waals surface area contributed by atoms with Gasteiger partial charge in [-0.2, -0.15) is 0 Å². The lowest BCUT2D eigenvalue weighted by Crippen LogP contribution is -2.15. The van der Waals surface area contributed by atoms with Crippen LogP contribution in [0, 0.1) is 6.92 Å². The molecule has 0 spiro atoms. The lowest BCUT2D eigenvalue weighted by atomic mass is 10.1. The fourth-order valence-corrected chi connectivity index (χ4v) is 4.62. The van der Waals surface area contributed by atoms with Gasteiger partial charge in [-0.05, 0) is 68.0 Å². The molecule has 3 rings (SSSR count). The summed E-state index contributed by atoms with van der Waals surface area (Å²) in [7, 11) is 1.64. The number of methoxy groups -OCH3 is 1. The number of phenols is 1. The molecule has 0 saturated carbocycles. The number of hydrogen-bond acceptors (Lipinski definition) is 7. The molecule has 31 heavy (non-hydrogen) atoms. The van der Waals surface area contributed by atoms with Crippen LogP contribution in [0.5, 0.6) is 17.2 Å². The van der Waals surface area contributed by atoms with Gasteiger partial charge in [-0.25, -0.2) is 0 Å². The van der Waals surface area contributed by atoms with Gasteiger partial charge in [0.05, 0.1) is 13.7 Å². The second-order valence-corrected chi connectivity index (χ2v) is 8.81. The van der Waals surface area contributed by atoms with Crippen LogP contribution in [-0.2, 0) is 0 Å². The van der Waals surface area contributed by atoms with E-state index in [1.54, 1.807) is 19.3 Å². The minimum Gasteiger partial charge on any atom is -0.507 e. The van der Waals surface area contributed by atoms with Gasteiger partial charge in [0, 0.05) is 11.9 Å². The van der Waals surface area contributed by atoms with E-state index in [9.17, 15) is 5.11 Å². The number of aromatic hydroxyl groups is 1. The molecule has 0 atom stereocenters. The van der Waals surface area contributed by atoms with Crippen molar-refractivity contribution >= 4 is 44.7 Å². The van der Waals surface area contributed by atoms with E-state index in [0.717, 1.165) is 40.8 Å². The Labute approximate surface area is 195 Å². The summed E-state index contributed by atoms with van der Waals surface area (Å²) < 4.78 is 19.1. The SMILES string of the molecule is C=CCN(Sc1c(OC)cccc1OCCCCCBr)c1noc2cc(C)cc(O)c12. The maximum atomic E-state index is 10.5. The van der Waals surface area contributed by atoms with Gasteiger partial charge in [-0.1, -0.05) is 33.2 Å². The Morgan fingerprint density at radius 1 is 1.26 bits per heavy atom. The van der Waals surface area contributed by atoms with Crippen molar-refractivity contribution in [3.63, 3.8) is 0 Å². The Morgan fingerprint density at radius 3 is 2.81 bits per heavy atom. The molecule has 166 valence electrons. The summed E-state index contributed by atoms with van der Waals surface area (Å²) in [5.74, 6) is 2.09. The lowest BCUT2D eigenvalue weighted by Gasteiger charge is -2.22. The number of hydrogen-bond donors (Lipinski definition) is 1. The molecular formula is C23H27BrN2O4S. The number of anilines is 1. The minimum atomic E-state index is 0.129. The molecule has 0 radical (unpaired) electrons. The zero-order valence-electron chi connectivity index (χ0n) is 17.8. The first-order chi connectivity index (χ1) is 15.1. The van der Waals surface area contributed by atoms with Gasteiger partial charge in [0.25, 0.3) is 0 Å². The number of phenolic OH excluding ortho intramolecular Hbond substituents is 1. The van der Waals surface area contributed by atoms with Gasteiger partial charge < -0.3 is 19.1 Å². The Balaban J connectivity index is 1.92. The van der Waals surface area contributed by atoms with Crippen LogP contribution in [0.15, 0.2) is 52.4 Å². The fourth-order valence-electron chi connectivity index (χ4n) is 3.15. The van der Waals surface area contributed by atoms with Gasteiger partial charge in [0.15, 0.2) is 11.4 Å². The predicted octanol–water partition coefficient (Wildman–Crippen LogP) is 6.49. The molecule has 0 bridgehead atoms. The van der Waals surface area contributed by atoms with E-state index >= 15 is 0 Å². The van der Waals surface area contributed by atoms with Crippen LogP contribution in [-0.4, -0.2) is 35.9 Å². The molecule has 2 aromatic carbocycles. The molecule has 8 heteroatoms. The van der Waals surface area contributed by atoms with Gasteiger partial charge in [-0.15, -0.1) is 6.58 Å². The Morgan fingerprint density at radius 2 is 2.06 bits per heavy atom. The van der Waals surface area contributed by atoms with Crippen molar-refractivity contribution in [1.82, 2.24) is 5.16 Å². The van der Waals surface area contributed by atoms with E-state index in [2.05, 4.69) is 27.7 Å². The van der Waals surface area contributed by atoms with Gasteiger partial charge >= 0.3 is 0 Å². The van der Waals surface area contributed by atoms with Gasteiger partial charge in [-0.3, -0.25) is 4.31 Å². The number of unbranched alkanes of at least 4 members (excludes halogenated alkanes) is 2. The Kier molecular flexibility index (Phi) is 8.54. The number of fused-ring (bicyclic) bond motifs is 1. The number of alkyl halides is 1. The van der Waals surface area contributed by atoms with Crippen molar-refractivity contribution in [2.45, 2.75) is 31.1 Å². The van der Waals surface area contributed by atoms with Crippen molar-refractivity contribution in [2.24, 2.45) is 0 Å². The third-order valence-corrected chi connectivity index (χ3v) is 6.30. The van der Waals surface area contributed by atoms with E-state index < -0.39 is 0 Å². The first kappa shape index (κ1) is 23.3. The highest BCUT2D eigenvalue weighted by Crippen LogP contribution is 2.44. The van der Waals surface area contributed by atoms with E-state index in [1.807, 2.05) is 35.5 Å². The summed E-state index contributed by atoms with van der Waals surface area (Å²) in [4.78, 5) is 0.829. The third-order valence-electron chi connectivity index (χ3n) is 4.61. The highest BCUT2D eigenvalue weighted by Gasteiger charge is 2.23. The van der Waals surface area contributed by atoms with Crippen LogP contribution in [0.1, 0.15) is 24.8 Å². The number of benzene rings is 2. The molecule has 0 unspecified atom stereocenters. The third kappa shape index (κ3) is 5.68. The standard InChI is InChI=1S/C23H27BrN2O4S/c1-4-12-26(23-21-17(27)14-16(2)15-20(21)30-25-23)31-22-18(28-3)9-8-10-19(22)29-13-7-5-6-11-24/h4,8-10,14-15,27H,1,5-7,11-13H2,2-3H3. The average molecular weight is 507 g/mol. The van der Waals surface area contributed by atoms with Crippen LogP contribution < -0.4 is 13.8 Å². The molecule has 0 aliphatic rings. The predicted molar refractivity (Wildman–Crippen MR) is 130 cm³/mol. The number of rotatable bonds is 12. The van der Waals surface area contributed by atoms with Crippen molar-refractivity contribution < 1.29 is 19.1 Å². The van der Waals surface area contributed by atoms with Crippen molar-refractivity contribution in [3.05, 3.63) is 48.6 Å². The molecule has 0 fully saturated rings. The number of aryl methyl sites for hydroxylation is 1. The maximum absolute atomic E-state index is 10.5. The second kappa shape index (κ2) is 11.3. The molecular weight excluding hydrogens is 480 g/mol. The monoisotopic (exact) mass is 506 g/mol. The lowest BCUT2D eigenvalue weighted by molar-refractivity contribution is 0.295. The van der Waals surface area contributed by atoms with E-state index in [4.69, 9.17) is 14.0 Å². The van der Waals surface area contributed by atoms with E-state index in [1.165, 1.54) is 11.9 Å². The average Bonchev–Trinajstić information content (AvgIpc) is 3.18. The summed E-state index contributed by atoms with van der Waals surface area (Å²) in [6.07, 6.45) is 4.97. The van der Waals surface area contributed by atoms with Crippen LogP contribution in [0.3, 0.4) is 0 Å². The second-order valence-electron chi connectivity index (χ2n) is 6.99. The van der Waals surface area contributed by atoms with E-state index in [-0.39, 0.29) is 5.75 Å². The molecule has 1 heterocycles. The molecule has 0 aliphatic carbocycles. The normalized spacial score (nSPS) is 10.9. The molecule has 0 aliphatic heterocycles. The molecule has 0 amide bonds. The molecule has 1 N–H and O–H groups in total. The van der Waals surface area contributed by atoms with E-state index in [0.29, 0.717) is 35.7 Å². The first-order valence-corrected chi connectivity index (χ1v) is 12.0. The summed E-state index contributed by atoms with van der Waals surface area (Å²) >= 11 is 4.87. The highest BCUT2D eigenvalue weighted by atomic mass is 79.9. The van der Waals surface area contributed by atoms with Crippen molar-refractivity contribution in [2.75, 3.05) is 29.9 Å². The quantitative estimate of drug-likeness (QED) is 0.130. The fraction of sp³-hybridized carbons (Fsp3) is 0.348. The summed E-state index contributed by atoms with van der Waals surface area (Å²) in [6.45, 7) is 6.87. The summed E-state index contributed by atoms with van der Waals surface area (Å²) in [5.41, 5.74) is 1.43. The molecule has 3 aromatic rings. The Bertz CT molecular complexity index is 1020. The maximum Gasteiger partial charge on any atom is 0.194 e. The van der Waals surface area contributed by atoms with Crippen LogP contribution in [0.2, 0.25) is 0 Å². The van der Waals surface area contributed by atoms with Gasteiger partial charge in [0.1, 0.15) is 27.5 Å². The largest absolute Gasteiger partial charge is 0.507 e. The number of halogens is 1. The number of aromatic nitrogens is 1. The highest BCUT2D eigenvalue weighted by molar-refractivity contribution is 9.09. The van der Waals surface area contributed by atoms with Crippen LogP contribution >= 0.6 is 27.9 Å². The number of ether oxygens (including phenoxy) is 2. The number of nitrogens with zero attached hydrogens (tertiary/aromatic N) is 2. The molecule has 0 saturated heterocycles. The molecule has 1 aromatic heterocycles. The van der Waals surface area contributed by atoms with Crippen molar-refractivity contribution in [3.8, 4) is 17.2 Å². The Hall–Kier alpha value is -2.32. The van der Waals surface area contributed by atoms with Crippen LogP contribution in [0.25, 0.3) is 11.0 Å². The summed E-state index contributed by atoms with van der Waals surface area (Å²) in [6, 6.07) is 9.29. The minimum absolute atomic E-state index is 0.129. The van der Waals surface area contributed by atoms with Crippen LogP contribution in [0.4, 0.5) is 5.82 Å².